The number of nitriles is 1. The quantitative estimate of drug-likeness (QED) is 0.671. The van der Waals surface area contributed by atoms with Crippen molar-refractivity contribution in [1.82, 2.24) is 4.98 Å². The summed E-state index contributed by atoms with van der Waals surface area (Å²) in [7, 11) is 0. The maximum absolute atomic E-state index is 9.00. The maximum atomic E-state index is 9.00. The highest BCUT2D eigenvalue weighted by Crippen LogP contribution is 2.28. The predicted molar refractivity (Wildman–Crippen MR) is 66.6 cm³/mol. The molecule has 0 N–H and O–H groups in total. The van der Waals surface area contributed by atoms with Crippen molar-refractivity contribution in [3.05, 3.63) is 24.5 Å². The van der Waals surface area contributed by atoms with Crippen LogP contribution in [0.1, 0.15) is 13.8 Å². The lowest BCUT2D eigenvalue weighted by Crippen LogP contribution is -2.48. The SMILES string of the molecule is CC1CB(C#N)CC(C)N1c1cccnc1. The smallest absolute Gasteiger partial charge is 0.271 e. The van der Waals surface area contributed by atoms with Gasteiger partial charge in [-0.1, -0.05) is 0 Å². The lowest BCUT2D eigenvalue weighted by Gasteiger charge is -2.41. The predicted octanol–water partition coefficient (Wildman–Crippen LogP) is 2.24. The second kappa shape index (κ2) is 4.57. The molecule has 0 radical (unpaired) electrons. The Morgan fingerprint density at radius 2 is 2.12 bits per heavy atom. The molecule has 1 aromatic heterocycles. The van der Waals surface area contributed by atoms with Gasteiger partial charge in [0.2, 0.25) is 0 Å². The number of pyridine rings is 1. The first kappa shape index (κ1) is 11.0. The van der Waals surface area contributed by atoms with E-state index in [9.17, 15) is 0 Å². The number of aromatic nitrogens is 1. The zero-order chi connectivity index (χ0) is 11.5. The fourth-order valence-corrected chi connectivity index (χ4v) is 2.70. The molecular formula is C12H16BN3. The average molecular weight is 213 g/mol. The van der Waals surface area contributed by atoms with Crippen LogP contribution >= 0.6 is 0 Å². The molecule has 1 aromatic rings. The lowest BCUT2D eigenvalue weighted by atomic mass is 9.42. The zero-order valence-electron chi connectivity index (χ0n) is 9.80. The van der Waals surface area contributed by atoms with E-state index < -0.39 is 0 Å². The van der Waals surface area contributed by atoms with Crippen molar-refractivity contribution in [1.29, 1.82) is 5.26 Å². The Balaban J connectivity index is 2.20. The third-order valence-electron chi connectivity index (χ3n) is 3.33. The maximum Gasteiger partial charge on any atom is 0.271 e. The average Bonchev–Trinajstić information content (AvgIpc) is 2.29. The van der Waals surface area contributed by atoms with Crippen molar-refractivity contribution in [2.24, 2.45) is 0 Å². The summed E-state index contributed by atoms with van der Waals surface area (Å²) < 4.78 is 0. The minimum atomic E-state index is 0.206. The molecule has 82 valence electrons. The van der Waals surface area contributed by atoms with Crippen molar-refractivity contribution in [3.8, 4) is 5.97 Å². The molecule has 0 aromatic carbocycles. The van der Waals surface area contributed by atoms with E-state index in [4.69, 9.17) is 5.26 Å². The monoisotopic (exact) mass is 213 g/mol. The van der Waals surface area contributed by atoms with Crippen molar-refractivity contribution in [3.63, 3.8) is 0 Å². The van der Waals surface area contributed by atoms with Crippen LogP contribution in [0.5, 0.6) is 0 Å². The molecular weight excluding hydrogens is 197 g/mol. The van der Waals surface area contributed by atoms with Gasteiger partial charge < -0.3 is 4.90 Å². The molecule has 1 aliphatic heterocycles. The van der Waals surface area contributed by atoms with E-state index in [1.807, 2.05) is 12.3 Å². The summed E-state index contributed by atoms with van der Waals surface area (Å²) in [6, 6.07) is 4.88. The van der Waals surface area contributed by atoms with Crippen LogP contribution in [0.15, 0.2) is 24.5 Å². The van der Waals surface area contributed by atoms with Gasteiger partial charge in [-0.25, -0.2) is 5.26 Å². The minimum absolute atomic E-state index is 0.206. The van der Waals surface area contributed by atoms with Gasteiger partial charge in [-0.2, -0.15) is 0 Å². The van der Waals surface area contributed by atoms with Crippen molar-refractivity contribution in [2.75, 3.05) is 4.90 Å². The van der Waals surface area contributed by atoms with Crippen LogP contribution in [-0.4, -0.2) is 23.8 Å². The Kier molecular flexibility index (Phi) is 3.14. The van der Waals surface area contributed by atoms with Gasteiger partial charge in [0.1, 0.15) is 0 Å². The molecule has 1 saturated heterocycles. The Bertz CT molecular complexity index is 375. The Labute approximate surface area is 97.2 Å². The van der Waals surface area contributed by atoms with E-state index in [1.54, 1.807) is 6.20 Å². The van der Waals surface area contributed by atoms with Crippen LogP contribution in [0.2, 0.25) is 12.6 Å². The molecule has 1 aliphatic rings. The minimum Gasteiger partial charge on any atom is -0.366 e. The Morgan fingerprint density at radius 3 is 2.62 bits per heavy atom. The first-order chi connectivity index (χ1) is 7.72. The van der Waals surface area contributed by atoms with E-state index in [0.717, 1.165) is 12.6 Å². The summed E-state index contributed by atoms with van der Waals surface area (Å²) in [5.41, 5.74) is 1.17. The summed E-state index contributed by atoms with van der Waals surface area (Å²) in [4.78, 5) is 6.54. The first-order valence-electron chi connectivity index (χ1n) is 5.80. The van der Waals surface area contributed by atoms with Gasteiger partial charge in [0, 0.05) is 24.2 Å². The molecule has 2 atom stereocenters. The van der Waals surface area contributed by atoms with Gasteiger partial charge in [0.05, 0.1) is 11.9 Å². The Hall–Kier alpha value is -1.50. The van der Waals surface area contributed by atoms with Crippen LogP contribution in [0.25, 0.3) is 0 Å². The molecule has 0 bridgehead atoms. The number of nitrogens with zero attached hydrogens (tertiary/aromatic N) is 3. The molecule has 0 amide bonds. The molecule has 0 saturated carbocycles. The Morgan fingerprint density at radius 1 is 1.44 bits per heavy atom. The first-order valence-corrected chi connectivity index (χ1v) is 5.80. The van der Waals surface area contributed by atoms with E-state index in [1.165, 1.54) is 5.69 Å². The fourth-order valence-electron chi connectivity index (χ4n) is 2.70. The second-order valence-corrected chi connectivity index (χ2v) is 4.61. The fraction of sp³-hybridized carbons (Fsp3) is 0.500. The van der Waals surface area contributed by atoms with Crippen LogP contribution < -0.4 is 4.90 Å². The van der Waals surface area contributed by atoms with Crippen molar-refractivity contribution in [2.45, 2.75) is 38.6 Å². The van der Waals surface area contributed by atoms with Gasteiger partial charge >= 0.3 is 0 Å². The van der Waals surface area contributed by atoms with Gasteiger partial charge in [0.25, 0.3) is 6.71 Å². The summed E-state index contributed by atoms with van der Waals surface area (Å²) >= 11 is 0. The van der Waals surface area contributed by atoms with Gasteiger partial charge in [-0.15, -0.1) is 0 Å². The van der Waals surface area contributed by atoms with Crippen LogP contribution in [0, 0.1) is 11.2 Å². The number of hydrogen-bond donors (Lipinski definition) is 0. The van der Waals surface area contributed by atoms with Gasteiger partial charge in [0.15, 0.2) is 0 Å². The summed E-state index contributed by atoms with van der Waals surface area (Å²) in [6.07, 6.45) is 5.60. The summed E-state index contributed by atoms with van der Waals surface area (Å²) in [5, 5.41) is 9.00. The number of rotatable bonds is 1. The highest BCUT2D eigenvalue weighted by atomic mass is 15.2. The van der Waals surface area contributed by atoms with Crippen LogP contribution in [-0.2, 0) is 0 Å². The molecule has 1 fully saturated rings. The third kappa shape index (κ3) is 2.04. The molecule has 0 spiro atoms. The van der Waals surface area contributed by atoms with Crippen LogP contribution in [0.3, 0.4) is 0 Å². The molecule has 16 heavy (non-hydrogen) atoms. The molecule has 4 heteroatoms. The molecule has 2 rings (SSSR count). The topological polar surface area (TPSA) is 39.9 Å². The van der Waals surface area contributed by atoms with E-state index in [2.05, 4.69) is 35.8 Å². The standard InChI is InChI=1S/C12H16BN3/c1-10-6-13(9-14)7-11(2)16(10)12-4-3-5-15-8-12/h3-5,8,10-11H,6-7H2,1-2H3. The van der Waals surface area contributed by atoms with Crippen molar-refractivity contribution < 1.29 is 0 Å². The summed E-state index contributed by atoms with van der Waals surface area (Å²) in [5.74, 6) is 2.39. The van der Waals surface area contributed by atoms with E-state index in [-0.39, 0.29) is 6.71 Å². The second-order valence-electron chi connectivity index (χ2n) is 4.61. The highest BCUT2D eigenvalue weighted by Gasteiger charge is 2.33. The molecule has 2 heterocycles. The lowest BCUT2D eigenvalue weighted by molar-refractivity contribution is 0.576. The van der Waals surface area contributed by atoms with Gasteiger partial charge in [-0.3, -0.25) is 4.98 Å². The molecule has 0 aliphatic carbocycles. The van der Waals surface area contributed by atoms with E-state index in [0.29, 0.717) is 12.1 Å². The zero-order valence-corrected chi connectivity index (χ0v) is 9.80. The number of hydrogen-bond acceptors (Lipinski definition) is 3. The van der Waals surface area contributed by atoms with Crippen molar-refractivity contribution >= 4 is 12.4 Å². The molecule has 2 unspecified atom stereocenters. The number of anilines is 1. The third-order valence-corrected chi connectivity index (χ3v) is 3.33. The van der Waals surface area contributed by atoms with E-state index >= 15 is 0 Å². The summed E-state index contributed by atoms with van der Waals surface area (Å²) in [6.45, 7) is 4.58. The van der Waals surface area contributed by atoms with Crippen LogP contribution in [0.4, 0.5) is 5.69 Å². The van der Waals surface area contributed by atoms with Gasteiger partial charge in [-0.05, 0) is 38.6 Å². The molecule has 3 nitrogen and oxygen atoms in total. The largest absolute Gasteiger partial charge is 0.366 e. The highest BCUT2D eigenvalue weighted by molar-refractivity contribution is 6.67. The normalized spacial score (nSPS) is 25.3.